The Kier molecular flexibility index (Phi) is 7.62. The number of aliphatic carboxylic acids is 1. The molecule has 0 aromatic carbocycles. The second-order valence-electron chi connectivity index (χ2n) is 3.46. The molecular weight excluding hydrogens is 196 g/mol. The van der Waals surface area contributed by atoms with Gasteiger partial charge in [0.15, 0.2) is 0 Å². The summed E-state index contributed by atoms with van der Waals surface area (Å²) in [7, 11) is 0. The van der Waals surface area contributed by atoms with E-state index in [1.807, 2.05) is 0 Å². The number of unbranched alkanes of at least 4 members (excludes halogenated alkanes) is 1. The number of carboxylic acid groups (broad SMARTS) is 1. The average Bonchev–Trinajstić information content (AvgIpc) is 2.17. The maximum atomic E-state index is 11.4. The second-order valence-corrected chi connectivity index (χ2v) is 3.46. The molecule has 0 fully saturated rings. The first kappa shape index (κ1) is 13.9. The third-order valence-corrected chi connectivity index (χ3v) is 2.01. The largest absolute Gasteiger partial charge is 0.481 e. The van der Waals surface area contributed by atoms with Crippen molar-refractivity contribution in [1.82, 2.24) is 10.6 Å². The molecule has 0 rings (SSSR count). The highest BCUT2D eigenvalue weighted by atomic mass is 16.4. The molecule has 1 atom stereocenters. The standard InChI is InChI=1S/C10H20N2O3/c1-3-4-6-12-10(15)8(2)11-7-5-9(13)14/h8,11H,3-7H2,1-2H3,(H,12,15)(H,13,14). The van der Waals surface area contributed by atoms with Crippen molar-refractivity contribution < 1.29 is 14.7 Å². The van der Waals surface area contributed by atoms with E-state index in [0.717, 1.165) is 12.8 Å². The van der Waals surface area contributed by atoms with Crippen molar-refractivity contribution in [3.8, 4) is 0 Å². The van der Waals surface area contributed by atoms with Crippen LogP contribution in [0.4, 0.5) is 0 Å². The zero-order valence-electron chi connectivity index (χ0n) is 9.38. The SMILES string of the molecule is CCCCNC(=O)C(C)NCCC(=O)O. The Morgan fingerprint density at radius 2 is 2.00 bits per heavy atom. The minimum atomic E-state index is -0.860. The van der Waals surface area contributed by atoms with E-state index in [0.29, 0.717) is 13.1 Å². The summed E-state index contributed by atoms with van der Waals surface area (Å²) >= 11 is 0. The van der Waals surface area contributed by atoms with Crippen molar-refractivity contribution in [2.45, 2.75) is 39.2 Å². The fourth-order valence-corrected chi connectivity index (χ4v) is 1.03. The fourth-order valence-electron chi connectivity index (χ4n) is 1.03. The summed E-state index contributed by atoms with van der Waals surface area (Å²) < 4.78 is 0. The van der Waals surface area contributed by atoms with Gasteiger partial charge in [-0.2, -0.15) is 0 Å². The van der Waals surface area contributed by atoms with Gasteiger partial charge in [-0.15, -0.1) is 0 Å². The molecule has 0 saturated carbocycles. The Balaban J connectivity index is 3.55. The Bertz CT molecular complexity index is 207. The summed E-state index contributed by atoms with van der Waals surface area (Å²) in [5.74, 6) is -0.935. The number of carbonyl (C=O) groups is 2. The molecule has 0 aliphatic heterocycles. The molecule has 88 valence electrons. The quantitative estimate of drug-likeness (QED) is 0.512. The van der Waals surface area contributed by atoms with Crippen molar-refractivity contribution in [2.24, 2.45) is 0 Å². The van der Waals surface area contributed by atoms with Crippen molar-refractivity contribution in [1.29, 1.82) is 0 Å². The van der Waals surface area contributed by atoms with Gasteiger partial charge in [-0.05, 0) is 13.3 Å². The van der Waals surface area contributed by atoms with Crippen LogP contribution in [0.2, 0.25) is 0 Å². The van der Waals surface area contributed by atoms with E-state index in [1.54, 1.807) is 6.92 Å². The Morgan fingerprint density at radius 3 is 2.53 bits per heavy atom. The number of nitrogens with one attached hydrogen (secondary N) is 2. The maximum Gasteiger partial charge on any atom is 0.304 e. The normalized spacial score (nSPS) is 12.1. The van der Waals surface area contributed by atoms with E-state index < -0.39 is 5.97 Å². The Labute approximate surface area is 90.2 Å². The molecule has 0 aliphatic carbocycles. The molecule has 0 aliphatic rings. The molecule has 0 aromatic heterocycles. The lowest BCUT2D eigenvalue weighted by atomic mass is 10.2. The van der Waals surface area contributed by atoms with E-state index >= 15 is 0 Å². The van der Waals surface area contributed by atoms with Gasteiger partial charge in [-0.25, -0.2) is 0 Å². The van der Waals surface area contributed by atoms with Gasteiger partial charge in [0.1, 0.15) is 0 Å². The van der Waals surface area contributed by atoms with Crippen LogP contribution in [-0.2, 0) is 9.59 Å². The van der Waals surface area contributed by atoms with E-state index in [4.69, 9.17) is 5.11 Å². The maximum absolute atomic E-state index is 11.4. The zero-order valence-corrected chi connectivity index (χ0v) is 9.38. The van der Waals surface area contributed by atoms with Gasteiger partial charge in [-0.1, -0.05) is 13.3 Å². The monoisotopic (exact) mass is 216 g/mol. The van der Waals surface area contributed by atoms with Crippen molar-refractivity contribution in [3.05, 3.63) is 0 Å². The lowest BCUT2D eigenvalue weighted by Gasteiger charge is -2.12. The van der Waals surface area contributed by atoms with Gasteiger partial charge >= 0.3 is 5.97 Å². The molecule has 1 amide bonds. The van der Waals surface area contributed by atoms with Crippen LogP contribution >= 0.6 is 0 Å². The van der Waals surface area contributed by atoms with E-state index in [9.17, 15) is 9.59 Å². The molecule has 1 unspecified atom stereocenters. The van der Waals surface area contributed by atoms with E-state index in [1.165, 1.54) is 0 Å². The van der Waals surface area contributed by atoms with Gasteiger partial charge in [-0.3, -0.25) is 9.59 Å². The number of hydrogen-bond acceptors (Lipinski definition) is 3. The fraction of sp³-hybridized carbons (Fsp3) is 0.800. The van der Waals surface area contributed by atoms with Crippen LogP contribution in [0.15, 0.2) is 0 Å². The summed E-state index contributed by atoms with van der Waals surface area (Å²) in [4.78, 5) is 21.6. The molecule has 5 heteroatoms. The van der Waals surface area contributed by atoms with E-state index in [2.05, 4.69) is 17.6 Å². The molecule has 0 heterocycles. The van der Waals surface area contributed by atoms with Crippen LogP contribution in [0.1, 0.15) is 33.1 Å². The van der Waals surface area contributed by atoms with E-state index in [-0.39, 0.29) is 18.4 Å². The van der Waals surface area contributed by atoms with Crippen LogP contribution < -0.4 is 10.6 Å². The van der Waals surface area contributed by atoms with Crippen molar-refractivity contribution in [3.63, 3.8) is 0 Å². The number of rotatable bonds is 8. The third kappa shape index (κ3) is 7.93. The first-order chi connectivity index (χ1) is 7.07. The highest BCUT2D eigenvalue weighted by molar-refractivity contribution is 5.81. The summed E-state index contributed by atoms with van der Waals surface area (Å²) in [5.41, 5.74) is 0. The van der Waals surface area contributed by atoms with Crippen LogP contribution in [0.3, 0.4) is 0 Å². The van der Waals surface area contributed by atoms with Gasteiger partial charge in [0, 0.05) is 13.1 Å². The van der Waals surface area contributed by atoms with Crippen LogP contribution in [0.25, 0.3) is 0 Å². The molecule has 0 spiro atoms. The highest BCUT2D eigenvalue weighted by Gasteiger charge is 2.11. The lowest BCUT2D eigenvalue weighted by molar-refractivity contribution is -0.137. The summed E-state index contributed by atoms with van der Waals surface area (Å²) in [6, 6.07) is -0.332. The first-order valence-electron chi connectivity index (χ1n) is 5.30. The molecule has 0 saturated heterocycles. The highest BCUT2D eigenvalue weighted by Crippen LogP contribution is 1.87. The van der Waals surface area contributed by atoms with Crippen LogP contribution in [-0.4, -0.2) is 36.1 Å². The predicted molar refractivity (Wildman–Crippen MR) is 57.6 cm³/mol. The number of carboxylic acids is 1. The minimum Gasteiger partial charge on any atom is -0.481 e. The van der Waals surface area contributed by atoms with Crippen molar-refractivity contribution in [2.75, 3.05) is 13.1 Å². The smallest absolute Gasteiger partial charge is 0.304 e. The Hall–Kier alpha value is -1.10. The van der Waals surface area contributed by atoms with Gasteiger partial charge in [0.05, 0.1) is 12.5 Å². The van der Waals surface area contributed by atoms with Gasteiger partial charge < -0.3 is 15.7 Å². The second kappa shape index (κ2) is 8.23. The van der Waals surface area contributed by atoms with Crippen LogP contribution in [0, 0.1) is 0 Å². The molecule has 0 bridgehead atoms. The number of hydrogen-bond donors (Lipinski definition) is 3. The zero-order chi connectivity index (χ0) is 11.7. The summed E-state index contributed by atoms with van der Waals surface area (Å²) in [5, 5.41) is 14.0. The Morgan fingerprint density at radius 1 is 1.33 bits per heavy atom. The average molecular weight is 216 g/mol. The first-order valence-corrected chi connectivity index (χ1v) is 5.30. The lowest BCUT2D eigenvalue weighted by Crippen LogP contribution is -2.43. The summed E-state index contributed by atoms with van der Waals surface area (Å²) in [6.07, 6.45) is 2.04. The molecular formula is C10H20N2O3. The topological polar surface area (TPSA) is 78.4 Å². The van der Waals surface area contributed by atoms with Crippen molar-refractivity contribution >= 4 is 11.9 Å². The molecule has 5 nitrogen and oxygen atoms in total. The minimum absolute atomic E-state index is 0.0343. The molecule has 15 heavy (non-hydrogen) atoms. The van der Waals surface area contributed by atoms with Gasteiger partial charge in [0.2, 0.25) is 5.91 Å². The third-order valence-electron chi connectivity index (χ3n) is 2.01. The number of carbonyl (C=O) groups excluding carboxylic acids is 1. The van der Waals surface area contributed by atoms with Crippen LogP contribution in [0.5, 0.6) is 0 Å². The van der Waals surface area contributed by atoms with Gasteiger partial charge in [0.25, 0.3) is 0 Å². The number of amides is 1. The molecule has 0 aromatic rings. The predicted octanol–water partition coefficient (Wildman–Crippen LogP) is 0.355. The molecule has 0 radical (unpaired) electrons. The summed E-state index contributed by atoms with van der Waals surface area (Å²) in [6.45, 7) is 4.78. The molecule has 3 N–H and O–H groups in total.